The third-order valence-electron chi connectivity index (χ3n) is 3.62. The van der Waals surface area contributed by atoms with Crippen molar-refractivity contribution < 1.29 is 13.6 Å². The van der Waals surface area contributed by atoms with Crippen molar-refractivity contribution in [2.45, 2.75) is 31.7 Å². The summed E-state index contributed by atoms with van der Waals surface area (Å²) >= 11 is 0. The molecule has 4 heteroatoms. The number of halogens is 2. The predicted molar refractivity (Wildman–Crippen MR) is 62.5 cm³/mol. The van der Waals surface area contributed by atoms with Gasteiger partial charge >= 0.3 is 0 Å². The fourth-order valence-electron chi connectivity index (χ4n) is 2.82. The van der Waals surface area contributed by atoms with Crippen LogP contribution in [0.15, 0.2) is 30.0 Å². The SMILES string of the molecule is O=C1CCC=C2CC[C@@H](c3ccc(F)cc3F)N12. The number of hydrogen-bond donors (Lipinski definition) is 0. The van der Waals surface area contributed by atoms with Crippen molar-refractivity contribution in [1.82, 2.24) is 4.90 Å². The molecule has 1 saturated heterocycles. The Morgan fingerprint density at radius 3 is 2.83 bits per heavy atom. The molecule has 2 aliphatic rings. The third kappa shape index (κ3) is 1.72. The molecule has 0 radical (unpaired) electrons. The lowest BCUT2D eigenvalue weighted by molar-refractivity contribution is -0.131. The maximum absolute atomic E-state index is 13.8. The molecule has 1 aromatic carbocycles. The van der Waals surface area contributed by atoms with E-state index in [0.717, 1.165) is 24.6 Å². The molecule has 2 nitrogen and oxygen atoms in total. The second-order valence-corrected chi connectivity index (χ2v) is 4.72. The molecule has 0 N–H and O–H groups in total. The van der Waals surface area contributed by atoms with E-state index in [2.05, 4.69) is 0 Å². The van der Waals surface area contributed by atoms with Crippen LogP contribution in [-0.2, 0) is 4.79 Å². The molecule has 1 fully saturated rings. The Bertz CT molecular complexity index is 539. The first-order valence-corrected chi connectivity index (χ1v) is 6.13. The van der Waals surface area contributed by atoms with Gasteiger partial charge in [0.2, 0.25) is 5.91 Å². The second-order valence-electron chi connectivity index (χ2n) is 4.72. The fourth-order valence-corrected chi connectivity index (χ4v) is 2.82. The van der Waals surface area contributed by atoms with Gasteiger partial charge in [-0.15, -0.1) is 0 Å². The van der Waals surface area contributed by atoms with Gasteiger partial charge in [0.1, 0.15) is 11.6 Å². The van der Waals surface area contributed by atoms with Crippen LogP contribution in [0.2, 0.25) is 0 Å². The van der Waals surface area contributed by atoms with Gasteiger partial charge in [0.15, 0.2) is 0 Å². The zero-order chi connectivity index (χ0) is 12.7. The normalized spacial score (nSPS) is 23.0. The van der Waals surface area contributed by atoms with Gasteiger partial charge < -0.3 is 4.90 Å². The first-order chi connectivity index (χ1) is 8.66. The minimum atomic E-state index is -0.588. The molecule has 1 amide bonds. The van der Waals surface area contributed by atoms with Crippen LogP contribution in [0.25, 0.3) is 0 Å². The van der Waals surface area contributed by atoms with Gasteiger partial charge in [-0.25, -0.2) is 8.78 Å². The molecule has 2 heterocycles. The number of nitrogens with zero attached hydrogens (tertiary/aromatic N) is 1. The molecule has 1 atom stereocenters. The van der Waals surface area contributed by atoms with Crippen molar-refractivity contribution in [3.8, 4) is 0 Å². The Morgan fingerprint density at radius 2 is 2.06 bits per heavy atom. The minimum absolute atomic E-state index is 0.0405. The number of carbonyl (C=O) groups excluding carboxylic acids is 1. The largest absolute Gasteiger partial charge is 0.309 e. The second kappa shape index (κ2) is 4.19. The van der Waals surface area contributed by atoms with Gasteiger partial charge in [0.05, 0.1) is 6.04 Å². The number of carbonyl (C=O) groups is 1. The number of rotatable bonds is 1. The quantitative estimate of drug-likeness (QED) is 0.747. The molecule has 0 unspecified atom stereocenters. The average Bonchev–Trinajstić information content (AvgIpc) is 2.74. The van der Waals surface area contributed by atoms with Crippen molar-refractivity contribution in [2.75, 3.05) is 0 Å². The Balaban J connectivity index is 2.00. The molecule has 94 valence electrons. The molecule has 18 heavy (non-hydrogen) atoms. The van der Waals surface area contributed by atoms with Gasteiger partial charge in [-0.05, 0) is 25.3 Å². The topological polar surface area (TPSA) is 20.3 Å². The van der Waals surface area contributed by atoms with Gasteiger partial charge in [0.25, 0.3) is 0 Å². The van der Waals surface area contributed by atoms with Crippen molar-refractivity contribution in [3.63, 3.8) is 0 Å². The van der Waals surface area contributed by atoms with E-state index < -0.39 is 11.6 Å². The lowest BCUT2D eigenvalue weighted by atomic mass is 10.0. The molecular formula is C14H13F2NO. The number of benzene rings is 1. The summed E-state index contributed by atoms with van der Waals surface area (Å²) in [5.41, 5.74) is 1.40. The monoisotopic (exact) mass is 249 g/mol. The van der Waals surface area contributed by atoms with Gasteiger partial charge in [-0.1, -0.05) is 12.1 Å². The third-order valence-corrected chi connectivity index (χ3v) is 3.62. The molecule has 2 aliphatic heterocycles. The average molecular weight is 249 g/mol. The number of amides is 1. The van der Waals surface area contributed by atoms with Gasteiger partial charge in [-0.3, -0.25) is 4.79 Å². The van der Waals surface area contributed by atoms with E-state index in [-0.39, 0.29) is 11.9 Å². The summed E-state index contributed by atoms with van der Waals surface area (Å²) in [5, 5.41) is 0. The maximum Gasteiger partial charge on any atom is 0.227 e. The van der Waals surface area contributed by atoms with Crippen LogP contribution in [0.4, 0.5) is 8.78 Å². The number of hydrogen-bond acceptors (Lipinski definition) is 1. The number of fused-ring (bicyclic) bond motifs is 1. The summed E-state index contributed by atoms with van der Waals surface area (Å²) in [7, 11) is 0. The van der Waals surface area contributed by atoms with Crippen LogP contribution in [0.5, 0.6) is 0 Å². The van der Waals surface area contributed by atoms with Crippen molar-refractivity contribution in [3.05, 3.63) is 47.2 Å². The Hall–Kier alpha value is -1.71. The van der Waals surface area contributed by atoms with E-state index in [1.54, 1.807) is 4.90 Å². The Kier molecular flexibility index (Phi) is 2.65. The fraction of sp³-hybridized carbons (Fsp3) is 0.357. The van der Waals surface area contributed by atoms with Crippen LogP contribution in [0, 0.1) is 11.6 Å². The molecule has 0 bridgehead atoms. The molecule has 0 aliphatic carbocycles. The summed E-state index contributed by atoms with van der Waals surface area (Å²) in [6, 6.07) is 3.30. The highest BCUT2D eigenvalue weighted by atomic mass is 19.1. The van der Waals surface area contributed by atoms with E-state index in [4.69, 9.17) is 0 Å². The summed E-state index contributed by atoms with van der Waals surface area (Å²) in [5.74, 6) is -1.12. The van der Waals surface area contributed by atoms with Crippen LogP contribution in [0.3, 0.4) is 0 Å². The molecule has 1 aromatic rings. The Morgan fingerprint density at radius 1 is 1.22 bits per heavy atom. The molecule has 0 aromatic heterocycles. The summed E-state index contributed by atoms with van der Waals surface area (Å²) in [4.78, 5) is 13.6. The van der Waals surface area contributed by atoms with Crippen LogP contribution >= 0.6 is 0 Å². The first-order valence-electron chi connectivity index (χ1n) is 6.13. The highest BCUT2D eigenvalue weighted by molar-refractivity contribution is 5.80. The van der Waals surface area contributed by atoms with E-state index in [1.165, 1.54) is 12.1 Å². The van der Waals surface area contributed by atoms with E-state index in [9.17, 15) is 13.6 Å². The minimum Gasteiger partial charge on any atom is -0.309 e. The highest BCUT2D eigenvalue weighted by Gasteiger charge is 2.36. The zero-order valence-corrected chi connectivity index (χ0v) is 9.83. The summed E-state index contributed by atoms with van der Waals surface area (Å²) in [6.07, 6.45) is 4.78. The van der Waals surface area contributed by atoms with E-state index in [1.807, 2.05) is 6.08 Å². The zero-order valence-electron chi connectivity index (χ0n) is 9.83. The molecule has 0 saturated carbocycles. The maximum atomic E-state index is 13.8. The van der Waals surface area contributed by atoms with E-state index >= 15 is 0 Å². The summed E-state index contributed by atoms with van der Waals surface area (Å²) in [6.45, 7) is 0. The van der Waals surface area contributed by atoms with Crippen LogP contribution in [0.1, 0.15) is 37.3 Å². The lowest BCUT2D eigenvalue weighted by Gasteiger charge is -2.29. The molecular weight excluding hydrogens is 236 g/mol. The lowest BCUT2D eigenvalue weighted by Crippen LogP contribution is -2.31. The van der Waals surface area contributed by atoms with Crippen molar-refractivity contribution in [2.24, 2.45) is 0 Å². The highest BCUT2D eigenvalue weighted by Crippen LogP contribution is 2.41. The van der Waals surface area contributed by atoms with Crippen molar-refractivity contribution >= 4 is 5.91 Å². The van der Waals surface area contributed by atoms with Crippen LogP contribution < -0.4 is 0 Å². The van der Waals surface area contributed by atoms with Crippen LogP contribution in [-0.4, -0.2) is 10.8 Å². The Labute approximate surface area is 104 Å². The van der Waals surface area contributed by atoms with E-state index in [0.29, 0.717) is 18.4 Å². The standard InChI is InChI=1S/C14H13F2NO/c15-9-4-6-11(12(16)8-9)13-7-5-10-2-1-3-14(18)17(10)13/h2,4,6,8,13H,1,3,5,7H2/t13-/m0/s1. The predicted octanol–water partition coefficient (Wildman–Crippen LogP) is 3.31. The van der Waals surface area contributed by atoms with Gasteiger partial charge in [-0.2, -0.15) is 0 Å². The van der Waals surface area contributed by atoms with Gasteiger partial charge in [0, 0.05) is 23.7 Å². The molecule has 3 rings (SSSR count). The summed E-state index contributed by atoms with van der Waals surface area (Å²) < 4.78 is 26.7. The first kappa shape index (κ1) is 11.4. The molecule has 0 spiro atoms. The number of allylic oxidation sites excluding steroid dienone is 2. The smallest absolute Gasteiger partial charge is 0.227 e. The van der Waals surface area contributed by atoms with Crippen molar-refractivity contribution in [1.29, 1.82) is 0 Å².